The van der Waals surface area contributed by atoms with Crippen LogP contribution in [0.1, 0.15) is 17.2 Å². The first kappa shape index (κ1) is 16.0. The molecule has 1 saturated heterocycles. The van der Waals surface area contributed by atoms with Crippen molar-refractivity contribution in [1.82, 2.24) is 9.88 Å². The summed E-state index contributed by atoms with van der Waals surface area (Å²) in [7, 11) is 0. The van der Waals surface area contributed by atoms with E-state index in [4.69, 9.17) is 11.6 Å². The summed E-state index contributed by atoms with van der Waals surface area (Å²) in [4.78, 5) is 18.7. The van der Waals surface area contributed by atoms with Crippen molar-refractivity contribution in [2.24, 2.45) is 5.92 Å². The lowest BCUT2D eigenvalue weighted by atomic mass is 9.93. The quantitative estimate of drug-likeness (QED) is 0.937. The Hall–Kier alpha value is -1.91. The maximum absolute atomic E-state index is 12.5. The maximum atomic E-state index is 12.5. The molecule has 1 amide bonds. The second-order valence-corrected chi connectivity index (χ2v) is 6.35. The van der Waals surface area contributed by atoms with Crippen LogP contribution in [0, 0.1) is 5.92 Å². The molecule has 1 aliphatic rings. The second kappa shape index (κ2) is 7.11. The van der Waals surface area contributed by atoms with E-state index in [-0.39, 0.29) is 24.3 Å². The Morgan fingerprint density at radius 1 is 1.26 bits per heavy atom. The Labute approximate surface area is 140 Å². The standard InChI is InChI=1S/C18H19ClN2O2/c19-15-5-3-4-13(8-15)9-18(23)21-10-14(12-22)16(11-21)17-6-1-2-7-20-17/h1-8,14,16,22H,9-12H2/t14-,16+/m0/s1. The summed E-state index contributed by atoms with van der Waals surface area (Å²) in [6.07, 6.45) is 2.08. The first-order valence-corrected chi connectivity index (χ1v) is 8.09. The van der Waals surface area contributed by atoms with Crippen LogP contribution in [0.3, 0.4) is 0 Å². The summed E-state index contributed by atoms with van der Waals surface area (Å²) in [6, 6.07) is 13.1. The van der Waals surface area contributed by atoms with Crippen molar-refractivity contribution in [3.05, 3.63) is 64.9 Å². The smallest absolute Gasteiger partial charge is 0.227 e. The zero-order valence-electron chi connectivity index (χ0n) is 12.7. The lowest BCUT2D eigenvalue weighted by Gasteiger charge is -2.16. The molecule has 1 aliphatic heterocycles. The van der Waals surface area contributed by atoms with E-state index < -0.39 is 0 Å². The van der Waals surface area contributed by atoms with Gasteiger partial charge in [0, 0.05) is 48.4 Å². The Morgan fingerprint density at radius 3 is 2.83 bits per heavy atom. The number of halogens is 1. The monoisotopic (exact) mass is 330 g/mol. The van der Waals surface area contributed by atoms with Gasteiger partial charge in [-0.3, -0.25) is 9.78 Å². The molecule has 23 heavy (non-hydrogen) atoms. The highest BCUT2D eigenvalue weighted by Gasteiger charge is 2.36. The zero-order valence-corrected chi connectivity index (χ0v) is 13.5. The van der Waals surface area contributed by atoms with E-state index in [2.05, 4.69) is 4.98 Å². The number of aliphatic hydroxyl groups excluding tert-OH is 1. The van der Waals surface area contributed by atoms with E-state index in [0.717, 1.165) is 11.3 Å². The van der Waals surface area contributed by atoms with Crippen molar-refractivity contribution in [2.75, 3.05) is 19.7 Å². The third kappa shape index (κ3) is 3.71. The number of likely N-dealkylation sites (tertiary alicyclic amines) is 1. The van der Waals surface area contributed by atoms with Crippen LogP contribution in [-0.2, 0) is 11.2 Å². The molecule has 0 aliphatic carbocycles. The molecule has 1 N–H and O–H groups in total. The Morgan fingerprint density at radius 2 is 2.13 bits per heavy atom. The Kier molecular flexibility index (Phi) is 4.94. The van der Waals surface area contributed by atoms with E-state index in [0.29, 0.717) is 24.5 Å². The highest BCUT2D eigenvalue weighted by atomic mass is 35.5. The van der Waals surface area contributed by atoms with Gasteiger partial charge >= 0.3 is 0 Å². The summed E-state index contributed by atoms with van der Waals surface area (Å²) in [5, 5.41) is 10.3. The van der Waals surface area contributed by atoms with Gasteiger partial charge in [0.25, 0.3) is 0 Å². The van der Waals surface area contributed by atoms with Gasteiger partial charge < -0.3 is 10.0 Å². The van der Waals surface area contributed by atoms with Gasteiger partial charge in [-0.25, -0.2) is 0 Å². The van der Waals surface area contributed by atoms with E-state index >= 15 is 0 Å². The number of amides is 1. The zero-order chi connectivity index (χ0) is 16.2. The topological polar surface area (TPSA) is 53.4 Å². The minimum absolute atomic E-state index is 0.0354. The SMILES string of the molecule is O=C(Cc1cccc(Cl)c1)N1C[C@@H](CO)[C@H](c2ccccn2)C1. The summed E-state index contributed by atoms with van der Waals surface area (Å²) < 4.78 is 0. The average molecular weight is 331 g/mol. The molecule has 3 rings (SSSR count). The molecule has 4 nitrogen and oxygen atoms in total. The molecule has 1 fully saturated rings. The molecule has 0 unspecified atom stereocenters. The highest BCUT2D eigenvalue weighted by molar-refractivity contribution is 6.30. The number of pyridine rings is 1. The van der Waals surface area contributed by atoms with Gasteiger partial charge in [-0.2, -0.15) is 0 Å². The Bertz CT molecular complexity index is 678. The first-order valence-electron chi connectivity index (χ1n) is 7.71. The number of nitrogens with zero attached hydrogens (tertiary/aromatic N) is 2. The van der Waals surface area contributed by atoms with Crippen molar-refractivity contribution in [3.63, 3.8) is 0 Å². The first-order chi connectivity index (χ1) is 11.2. The van der Waals surface area contributed by atoms with E-state index in [1.165, 1.54) is 0 Å². The number of rotatable bonds is 4. The Balaban J connectivity index is 1.70. The van der Waals surface area contributed by atoms with Crippen LogP contribution in [0.15, 0.2) is 48.7 Å². The fraction of sp³-hybridized carbons (Fsp3) is 0.333. The van der Waals surface area contributed by atoms with Gasteiger partial charge in [0.2, 0.25) is 5.91 Å². The molecular formula is C18H19ClN2O2. The van der Waals surface area contributed by atoms with E-state index in [9.17, 15) is 9.90 Å². The molecule has 0 saturated carbocycles. The van der Waals surface area contributed by atoms with E-state index in [1.54, 1.807) is 12.3 Å². The van der Waals surface area contributed by atoms with Crippen LogP contribution in [0.2, 0.25) is 5.02 Å². The molecule has 5 heteroatoms. The largest absolute Gasteiger partial charge is 0.396 e. The summed E-state index contributed by atoms with van der Waals surface area (Å²) in [5.41, 5.74) is 1.84. The normalized spacial score (nSPS) is 20.7. The number of aliphatic hydroxyl groups is 1. The number of hydrogen-bond donors (Lipinski definition) is 1. The van der Waals surface area contributed by atoms with Gasteiger partial charge in [-0.1, -0.05) is 29.8 Å². The molecule has 0 spiro atoms. The lowest BCUT2D eigenvalue weighted by molar-refractivity contribution is -0.129. The van der Waals surface area contributed by atoms with Crippen molar-refractivity contribution in [2.45, 2.75) is 12.3 Å². The summed E-state index contributed by atoms with van der Waals surface area (Å²) in [6.45, 7) is 1.22. The molecular weight excluding hydrogens is 312 g/mol. The average Bonchev–Trinajstić information content (AvgIpc) is 3.00. The summed E-state index contributed by atoms with van der Waals surface area (Å²) in [5.74, 6) is 0.182. The van der Waals surface area contributed by atoms with Gasteiger partial charge in [0.05, 0.1) is 6.42 Å². The minimum atomic E-state index is 0.0354. The minimum Gasteiger partial charge on any atom is -0.396 e. The molecule has 2 atom stereocenters. The van der Waals surface area contributed by atoms with E-state index in [1.807, 2.05) is 41.3 Å². The molecule has 1 aromatic carbocycles. The van der Waals surface area contributed by atoms with Crippen LogP contribution in [0.4, 0.5) is 0 Å². The second-order valence-electron chi connectivity index (χ2n) is 5.91. The lowest BCUT2D eigenvalue weighted by Crippen LogP contribution is -2.30. The molecule has 0 bridgehead atoms. The molecule has 2 aromatic rings. The molecule has 2 heterocycles. The number of hydrogen-bond acceptors (Lipinski definition) is 3. The van der Waals surface area contributed by atoms with Crippen LogP contribution in [0.25, 0.3) is 0 Å². The van der Waals surface area contributed by atoms with Crippen LogP contribution < -0.4 is 0 Å². The summed E-state index contributed by atoms with van der Waals surface area (Å²) >= 11 is 5.97. The number of benzene rings is 1. The predicted octanol–water partition coefficient (Wildman–Crippen LogP) is 2.51. The fourth-order valence-corrected chi connectivity index (χ4v) is 3.34. The maximum Gasteiger partial charge on any atom is 0.227 e. The van der Waals surface area contributed by atoms with Gasteiger partial charge in [-0.15, -0.1) is 0 Å². The van der Waals surface area contributed by atoms with Gasteiger partial charge in [0.15, 0.2) is 0 Å². The van der Waals surface area contributed by atoms with Crippen molar-refractivity contribution >= 4 is 17.5 Å². The number of aromatic nitrogens is 1. The number of carbonyl (C=O) groups is 1. The van der Waals surface area contributed by atoms with Gasteiger partial charge in [0.1, 0.15) is 0 Å². The third-order valence-electron chi connectivity index (χ3n) is 4.34. The van der Waals surface area contributed by atoms with Gasteiger partial charge in [-0.05, 0) is 29.8 Å². The fourth-order valence-electron chi connectivity index (χ4n) is 3.12. The molecule has 0 radical (unpaired) electrons. The van der Waals surface area contributed by atoms with Crippen LogP contribution >= 0.6 is 11.6 Å². The predicted molar refractivity (Wildman–Crippen MR) is 89.3 cm³/mol. The molecule has 1 aromatic heterocycles. The highest BCUT2D eigenvalue weighted by Crippen LogP contribution is 2.31. The van der Waals surface area contributed by atoms with Crippen LogP contribution in [-0.4, -0.2) is 40.6 Å². The molecule has 120 valence electrons. The van der Waals surface area contributed by atoms with Crippen molar-refractivity contribution in [3.8, 4) is 0 Å². The van der Waals surface area contributed by atoms with Crippen molar-refractivity contribution < 1.29 is 9.90 Å². The third-order valence-corrected chi connectivity index (χ3v) is 4.58. The number of carbonyl (C=O) groups excluding carboxylic acids is 1. The van der Waals surface area contributed by atoms with Crippen LogP contribution in [0.5, 0.6) is 0 Å². The van der Waals surface area contributed by atoms with Crippen molar-refractivity contribution in [1.29, 1.82) is 0 Å².